The summed E-state index contributed by atoms with van der Waals surface area (Å²) < 4.78 is 0. The van der Waals surface area contributed by atoms with Crippen molar-refractivity contribution in [2.24, 2.45) is 10.7 Å². The summed E-state index contributed by atoms with van der Waals surface area (Å²) in [6, 6.07) is 0. The van der Waals surface area contributed by atoms with Crippen molar-refractivity contribution in [3.05, 3.63) is 9.81 Å². The van der Waals surface area contributed by atoms with Crippen LogP contribution >= 0.6 is 0 Å². The molecule has 0 saturated heterocycles. The monoisotopic (exact) mass is 102 g/mol. The van der Waals surface area contributed by atoms with Gasteiger partial charge in [0.05, 0.1) is 0 Å². The summed E-state index contributed by atoms with van der Waals surface area (Å²) in [5, 5.41) is 15.8. The van der Waals surface area contributed by atoms with E-state index in [1.54, 1.807) is 0 Å². The largest absolute Gasteiger partial charge is 1.00 e. The van der Waals surface area contributed by atoms with Gasteiger partial charge < -0.3 is 11.8 Å². The minimum Gasteiger partial charge on any atom is -1.00 e. The van der Waals surface area contributed by atoms with E-state index in [-0.39, 0.29) is 20.3 Å². The van der Waals surface area contributed by atoms with Crippen LogP contribution in [0.4, 0.5) is 0 Å². The van der Waals surface area contributed by atoms with Crippen LogP contribution in [-0.4, -0.2) is 10.4 Å². The van der Waals surface area contributed by atoms with Gasteiger partial charge in [-0.15, -0.1) is 9.81 Å². The zero-order chi connectivity index (χ0) is 5.41. The van der Waals surface area contributed by atoms with E-state index in [0.29, 0.717) is 0 Å². The fourth-order valence-electron chi connectivity index (χ4n) is 0. The summed E-state index contributed by atoms with van der Waals surface area (Å²) >= 11 is 0. The summed E-state index contributed by atoms with van der Waals surface area (Å²) in [5.41, 5.74) is 0. The Morgan fingerprint density at radius 3 is 1.14 bits per heavy atom. The third kappa shape index (κ3) is 172. The smallest absolute Gasteiger partial charge is 1.00 e. The van der Waals surface area contributed by atoms with Crippen molar-refractivity contribution in [2.45, 2.75) is 0 Å². The van der Waals surface area contributed by atoms with E-state index in [1.807, 2.05) is 0 Å². The van der Waals surface area contributed by atoms with Gasteiger partial charge >= 0.3 is 18.9 Å². The van der Waals surface area contributed by atoms with Crippen molar-refractivity contribution in [1.29, 1.82) is 0 Å². The second-order valence-corrected chi connectivity index (χ2v) is 0.163. The van der Waals surface area contributed by atoms with Gasteiger partial charge in [0.2, 0.25) is 0 Å². The van der Waals surface area contributed by atoms with Crippen LogP contribution in [0.25, 0.3) is 0 Å². The van der Waals surface area contributed by atoms with Crippen LogP contribution in [0.2, 0.25) is 0 Å². The molecule has 0 aromatic rings. The first-order valence-electron chi connectivity index (χ1n) is 0.765. The predicted octanol–water partition coefficient (Wildman–Crippen LogP) is -2.60. The van der Waals surface area contributed by atoms with E-state index in [1.165, 1.54) is 10.7 Å². The SMILES string of the molecule is O=NO.O=NO.[H-].[Li+]. The van der Waals surface area contributed by atoms with Crippen LogP contribution in [0, 0.1) is 9.81 Å². The second kappa shape index (κ2) is 53.4. The summed E-state index contributed by atoms with van der Waals surface area (Å²) in [6.45, 7) is 0. The molecule has 0 radical (unpaired) electrons. The van der Waals surface area contributed by atoms with Gasteiger partial charge in [-0.3, -0.25) is 0 Å². The maximum Gasteiger partial charge on any atom is 1.00 e. The van der Waals surface area contributed by atoms with E-state index in [4.69, 9.17) is 20.2 Å². The molecule has 0 rings (SSSR count). The first-order chi connectivity index (χ1) is 2.83. The Labute approximate surface area is 52.0 Å². The molecule has 0 aromatic heterocycles. The fraction of sp³-hybridized carbons (Fsp3) is 0. The molecule has 7 heteroatoms. The van der Waals surface area contributed by atoms with Crippen LogP contribution in [0.5, 0.6) is 0 Å². The van der Waals surface area contributed by atoms with Gasteiger partial charge in [-0.05, 0) is 0 Å². The van der Waals surface area contributed by atoms with Crippen molar-refractivity contribution < 1.29 is 30.7 Å². The number of rotatable bonds is 0. The van der Waals surface area contributed by atoms with Gasteiger partial charge in [0.15, 0.2) is 10.7 Å². The molecule has 0 unspecified atom stereocenters. The van der Waals surface area contributed by atoms with Gasteiger partial charge in [-0.1, -0.05) is 0 Å². The third-order valence-corrected chi connectivity index (χ3v) is 0. The molecule has 38 valence electrons. The van der Waals surface area contributed by atoms with E-state index in [9.17, 15) is 0 Å². The maximum atomic E-state index is 8.11. The molecule has 0 aliphatic rings. The zero-order valence-corrected chi connectivity index (χ0v) is 3.61. The van der Waals surface area contributed by atoms with Gasteiger partial charge in [-0.2, -0.15) is 0 Å². The Kier molecular flexibility index (Phi) is 123. The molecule has 0 aromatic carbocycles. The van der Waals surface area contributed by atoms with E-state index < -0.39 is 0 Å². The van der Waals surface area contributed by atoms with Crippen molar-refractivity contribution in [3.63, 3.8) is 0 Å². The van der Waals surface area contributed by atoms with Crippen LogP contribution in [0.15, 0.2) is 10.7 Å². The van der Waals surface area contributed by atoms with Crippen LogP contribution in [0.1, 0.15) is 1.43 Å². The number of hydrogen-bond acceptors (Lipinski definition) is 4. The second-order valence-electron chi connectivity index (χ2n) is 0.163. The molecule has 0 aliphatic carbocycles. The Balaban J connectivity index is -0.0000000160. The van der Waals surface area contributed by atoms with Crippen LogP contribution in [-0.2, 0) is 0 Å². The Morgan fingerprint density at radius 1 is 1.14 bits per heavy atom. The van der Waals surface area contributed by atoms with Crippen molar-refractivity contribution >= 4 is 0 Å². The molecular weight excluding hydrogens is 99.0 g/mol. The molecule has 0 heterocycles. The maximum absolute atomic E-state index is 8.11. The van der Waals surface area contributed by atoms with Gasteiger partial charge in [-0.25, -0.2) is 0 Å². The molecule has 7 heavy (non-hydrogen) atoms. The normalized spacial score (nSPS) is 3.43. The van der Waals surface area contributed by atoms with Crippen molar-refractivity contribution in [2.75, 3.05) is 0 Å². The molecular formula is H3LiN2O4. The van der Waals surface area contributed by atoms with E-state index in [2.05, 4.69) is 0 Å². The average molecular weight is 102 g/mol. The molecule has 0 fully saturated rings. The molecule has 0 bridgehead atoms. The Bertz CT molecular complexity index is 35.0. The van der Waals surface area contributed by atoms with E-state index >= 15 is 0 Å². The molecule has 0 saturated carbocycles. The summed E-state index contributed by atoms with van der Waals surface area (Å²) in [4.78, 5) is 16.2. The summed E-state index contributed by atoms with van der Waals surface area (Å²) in [6.07, 6.45) is 0. The summed E-state index contributed by atoms with van der Waals surface area (Å²) in [5.74, 6) is 0. The third-order valence-electron chi connectivity index (χ3n) is 0. The van der Waals surface area contributed by atoms with Crippen molar-refractivity contribution in [3.8, 4) is 0 Å². The van der Waals surface area contributed by atoms with Gasteiger partial charge in [0, 0.05) is 0 Å². The van der Waals surface area contributed by atoms with E-state index in [0.717, 1.165) is 0 Å². The minimum absolute atomic E-state index is 0. The molecule has 0 amide bonds. The van der Waals surface area contributed by atoms with Crippen LogP contribution in [0.3, 0.4) is 0 Å². The Morgan fingerprint density at radius 2 is 1.14 bits per heavy atom. The fourth-order valence-corrected chi connectivity index (χ4v) is 0. The van der Waals surface area contributed by atoms with Crippen molar-refractivity contribution in [1.82, 2.24) is 0 Å². The molecule has 0 spiro atoms. The topological polar surface area (TPSA) is 99.3 Å². The first kappa shape index (κ1) is 16.1. The van der Waals surface area contributed by atoms with Gasteiger partial charge in [0.25, 0.3) is 0 Å². The molecule has 0 aliphatic heterocycles. The average Bonchev–Trinajstić information content (AvgIpc) is 1.39. The zero-order valence-electron chi connectivity index (χ0n) is 4.61. The van der Waals surface area contributed by atoms with Crippen LogP contribution < -0.4 is 18.9 Å². The first-order valence-corrected chi connectivity index (χ1v) is 0.765. The predicted molar refractivity (Wildman–Crippen MR) is 16.3 cm³/mol. The van der Waals surface area contributed by atoms with Gasteiger partial charge in [0.1, 0.15) is 0 Å². The quantitative estimate of drug-likeness (QED) is 0.199. The molecule has 6 nitrogen and oxygen atoms in total. The molecule has 2 N–H and O–H groups in total. The Hall–Kier alpha value is -0.603. The standard InChI is InChI=1S/Li.2HNO2.H/c;2*2-1-3;/h;2*(H,2,3);/q+1;;;-1. The number of nitrogens with zero attached hydrogens (tertiary/aromatic N) is 2. The molecule has 0 atom stereocenters. The minimum atomic E-state index is 0. The summed E-state index contributed by atoms with van der Waals surface area (Å²) in [7, 11) is 0. The number of hydrogen-bond donors (Lipinski definition) is 2.